The van der Waals surface area contributed by atoms with Crippen molar-refractivity contribution in [2.75, 3.05) is 0 Å². The molecule has 0 aromatic heterocycles. The summed E-state index contributed by atoms with van der Waals surface area (Å²) in [6.45, 7) is 6.09. The molecule has 5 aliphatic carbocycles. The normalized spacial score (nSPS) is 22.8. The number of fused-ring (bicyclic) bond motifs is 6. The van der Waals surface area contributed by atoms with E-state index in [1.165, 1.54) is 111 Å². The smallest absolute Gasteiger partial charge is 0.123 e. The van der Waals surface area contributed by atoms with E-state index in [-0.39, 0.29) is 34.5 Å². The highest BCUT2D eigenvalue weighted by Gasteiger charge is 2.35. The number of phenols is 4. The molecular weight excluding hydrogens is 1020 g/mol. The molecule has 428 valence electrons. The maximum atomic E-state index is 13.3. The third-order valence-electron chi connectivity index (χ3n) is 20.3. The molecule has 5 aliphatic rings. The molecule has 83 heavy (non-hydrogen) atoms. The SMILES string of the molecule is C=C/C(O)=C1\C=C(/O)C(c2ccc(C3CCCCC3)cc2)c2ccc(O)c(c2)C(c2ccc(C3CCCCC3)cc2)c2cc(c(O)cc2O)C(c2ccc(C3CCCCC3)cc2)c2cc(c(O)cc2C)C1c1ccc(C2CCCCC2)cc1. The topological polar surface area (TPSA) is 121 Å². The molecule has 6 heteroatoms. The monoisotopic (exact) mass is 1100 g/mol. The number of hydrogen-bond donors (Lipinski definition) is 6. The molecule has 0 spiro atoms. The van der Waals surface area contributed by atoms with Crippen molar-refractivity contribution in [1.82, 2.24) is 0 Å². The number of aliphatic hydroxyl groups excluding tert-OH is 2. The molecule has 12 rings (SSSR count). The molecule has 6 nitrogen and oxygen atoms in total. The maximum Gasteiger partial charge on any atom is 0.123 e. The molecule has 0 amide bonds. The van der Waals surface area contributed by atoms with Gasteiger partial charge in [-0.15, -0.1) is 0 Å². The van der Waals surface area contributed by atoms with Crippen LogP contribution in [0, 0.1) is 6.92 Å². The summed E-state index contributed by atoms with van der Waals surface area (Å²) in [5, 5.41) is 76.1. The molecule has 0 saturated heterocycles. The minimum atomic E-state index is -0.827. The summed E-state index contributed by atoms with van der Waals surface area (Å²) < 4.78 is 0. The van der Waals surface area contributed by atoms with Crippen molar-refractivity contribution in [3.05, 3.63) is 259 Å². The zero-order valence-corrected chi connectivity index (χ0v) is 48.6. The van der Waals surface area contributed by atoms with Crippen molar-refractivity contribution in [2.24, 2.45) is 0 Å². The molecular formula is C77H84O6. The second-order valence-corrected chi connectivity index (χ2v) is 25.4. The molecule has 6 N–H and O–H groups in total. The second kappa shape index (κ2) is 24.8. The number of aromatic hydroxyl groups is 4. The van der Waals surface area contributed by atoms with E-state index in [0.717, 1.165) is 84.7 Å². The highest BCUT2D eigenvalue weighted by Crippen LogP contribution is 2.51. The van der Waals surface area contributed by atoms with Gasteiger partial charge in [-0.05, 0) is 180 Å². The Hall–Kier alpha value is -7.44. The van der Waals surface area contributed by atoms with Crippen LogP contribution in [0.4, 0.5) is 0 Å². The van der Waals surface area contributed by atoms with E-state index < -0.39 is 23.7 Å². The van der Waals surface area contributed by atoms with Crippen LogP contribution < -0.4 is 0 Å². The van der Waals surface area contributed by atoms with Gasteiger partial charge in [0.15, 0.2) is 0 Å². The van der Waals surface area contributed by atoms with Crippen LogP contribution in [0.25, 0.3) is 0 Å². The van der Waals surface area contributed by atoms with Crippen molar-refractivity contribution in [3.8, 4) is 23.0 Å². The predicted molar refractivity (Wildman–Crippen MR) is 336 cm³/mol. The fraction of sp³-hybridized carbons (Fsp3) is 0.377. The Labute approximate surface area is 492 Å². The Morgan fingerprint density at radius 2 is 0.651 bits per heavy atom. The van der Waals surface area contributed by atoms with Gasteiger partial charge in [-0.25, -0.2) is 0 Å². The summed E-state index contributed by atoms with van der Waals surface area (Å²) in [6.07, 6.45) is 26.9. The number of aliphatic hydroxyl groups is 2. The number of aryl methyl sites for hydroxylation is 1. The van der Waals surface area contributed by atoms with Gasteiger partial charge in [-0.2, -0.15) is 0 Å². The lowest BCUT2D eigenvalue weighted by Gasteiger charge is -2.30. The number of hydrogen-bond acceptors (Lipinski definition) is 6. The van der Waals surface area contributed by atoms with Crippen LogP contribution in [0.5, 0.6) is 23.0 Å². The first kappa shape index (κ1) is 56.1. The number of rotatable bonds is 9. The van der Waals surface area contributed by atoms with Gasteiger partial charge in [0, 0.05) is 51.6 Å². The zero-order chi connectivity index (χ0) is 57.1. The highest BCUT2D eigenvalue weighted by molar-refractivity contribution is 5.64. The quantitative estimate of drug-likeness (QED) is 0.0801. The molecule has 6 bridgehead atoms. The molecule has 0 aliphatic heterocycles. The summed E-state index contributed by atoms with van der Waals surface area (Å²) in [7, 11) is 0. The van der Waals surface area contributed by atoms with Crippen molar-refractivity contribution in [2.45, 2.75) is 183 Å². The standard InChI is InChI=1S/C77H84O6/c1-3-68(78)67-46-73(83)74(57-32-24-53(25-33-57)49-16-8-4-9-17-49)61-40-41-69(79)63(43-61)76(59-36-28-55(29-37-59)51-20-12-6-13-21-51)66-45-65(71(81)47-72(66)82)75(58-34-26-54(27-35-58)50-18-10-5-11-19-50)62-44-64(70(80)42-48(62)2)77(67)60-38-30-56(31-39-60)52-22-14-7-15-23-52/h3,24-47,49-52,74-83H,1,4-23H2,2H3/b68-67-,73-46-. The first-order valence-corrected chi connectivity index (χ1v) is 31.6. The summed E-state index contributed by atoms with van der Waals surface area (Å²) in [5.41, 5.74) is 13.3. The lowest BCUT2D eigenvalue weighted by molar-refractivity contribution is 0.378. The van der Waals surface area contributed by atoms with Gasteiger partial charge in [-0.3, -0.25) is 0 Å². The Bertz CT molecular complexity index is 3470. The molecule has 4 saturated carbocycles. The van der Waals surface area contributed by atoms with Crippen LogP contribution in [0.3, 0.4) is 0 Å². The molecule has 0 heterocycles. The Morgan fingerprint density at radius 3 is 1.06 bits per heavy atom. The minimum Gasteiger partial charge on any atom is -0.511 e. The van der Waals surface area contributed by atoms with Crippen LogP contribution in [0.15, 0.2) is 175 Å². The fourth-order valence-electron chi connectivity index (χ4n) is 15.7. The minimum absolute atomic E-state index is 0.0211. The van der Waals surface area contributed by atoms with Gasteiger partial charge >= 0.3 is 0 Å². The largest absolute Gasteiger partial charge is 0.511 e. The van der Waals surface area contributed by atoms with E-state index in [4.69, 9.17) is 0 Å². The van der Waals surface area contributed by atoms with Gasteiger partial charge < -0.3 is 30.6 Å². The van der Waals surface area contributed by atoms with Gasteiger partial charge in [0.2, 0.25) is 0 Å². The van der Waals surface area contributed by atoms with Crippen LogP contribution in [-0.2, 0) is 0 Å². The summed E-state index contributed by atoms with van der Waals surface area (Å²) in [6, 6.07) is 47.5. The molecule has 0 radical (unpaired) electrons. The van der Waals surface area contributed by atoms with Gasteiger partial charge in [0.1, 0.15) is 34.5 Å². The Balaban J connectivity index is 1.13. The average molecular weight is 1110 g/mol. The van der Waals surface area contributed by atoms with E-state index in [0.29, 0.717) is 57.1 Å². The third kappa shape index (κ3) is 11.7. The number of phenolic OH excluding ortho intramolecular Hbond substituents is 4. The van der Waals surface area contributed by atoms with Crippen molar-refractivity contribution in [1.29, 1.82) is 0 Å². The maximum absolute atomic E-state index is 13.3. The third-order valence-corrected chi connectivity index (χ3v) is 20.3. The predicted octanol–water partition coefficient (Wildman–Crippen LogP) is 20.1. The molecule has 4 unspecified atom stereocenters. The first-order chi connectivity index (χ1) is 40.5. The molecule has 7 aromatic rings. The average Bonchev–Trinajstić information content (AvgIpc) is 3.70. The van der Waals surface area contributed by atoms with Crippen LogP contribution in [-0.4, -0.2) is 30.6 Å². The van der Waals surface area contributed by atoms with Gasteiger partial charge in [0.05, 0.1) is 5.92 Å². The van der Waals surface area contributed by atoms with Crippen LogP contribution in [0.2, 0.25) is 0 Å². The van der Waals surface area contributed by atoms with Gasteiger partial charge in [-0.1, -0.05) is 193 Å². The fourth-order valence-corrected chi connectivity index (χ4v) is 15.7. The van der Waals surface area contributed by atoms with Crippen molar-refractivity contribution in [3.63, 3.8) is 0 Å². The van der Waals surface area contributed by atoms with Gasteiger partial charge in [0.25, 0.3) is 0 Å². The van der Waals surface area contributed by atoms with E-state index in [9.17, 15) is 30.6 Å². The lowest BCUT2D eigenvalue weighted by atomic mass is 9.74. The zero-order valence-electron chi connectivity index (χ0n) is 48.6. The van der Waals surface area contributed by atoms with Crippen molar-refractivity contribution >= 4 is 0 Å². The number of benzene rings is 7. The Kier molecular flexibility index (Phi) is 16.7. The van der Waals surface area contributed by atoms with E-state index in [2.05, 4.69) is 104 Å². The van der Waals surface area contributed by atoms with Crippen LogP contribution >= 0.6 is 0 Å². The molecule has 7 aromatic carbocycles. The number of allylic oxidation sites excluding steroid dienone is 4. The molecule has 4 fully saturated rings. The lowest BCUT2D eigenvalue weighted by Crippen LogP contribution is -2.14. The van der Waals surface area contributed by atoms with Crippen LogP contribution in [0.1, 0.15) is 259 Å². The van der Waals surface area contributed by atoms with E-state index in [1.807, 2.05) is 31.2 Å². The second-order valence-electron chi connectivity index (χ2n) is 25.4. The van der Waals surface area contributed by atoms with E-state index >= 15 is 0 Å². The highest BCUT2D eigenvalue weighted by atomic mass is 16.3. The first-order valence-electron chi connectivity index (χ1n) is 31.6. The van der Waals surface area contributed by atoms with E-state index in [1.54, 1.807) is 18.2 Å². The van der Waals surface area contributed by atoms with Crippen molar-refractivity contribution < 1.29 is 30.6 Å². The Morgan fingerprint density at radius 1 is 0.337 bits per heavy atom. The summed E-state index contributed by atoms with van der Waals surface area (Å²) in [4.78, 5) is 0. The molecule has 4 atom stereocenters. The summed E-state index contributed by atoms with van der Waals surface area (Å²) in [5.74, 6) is -1.50. The summed E-state index contributed by atoms with van der Waals surface area (Å²) >= 11 is 0.